The van der Waals surface area contributed by atoms with Crippen molar-refractivity contribution in [3.8, 4) is 0 Å². The normalized spacial score (nSPS) is 16.9. The van der Waals surface area contributed by atoms with Crippen LogP contribution in [0.2, 0.25) is 0 Å². The number of carbonyl (C=O) groups is 1. The minimum atomic E-state index is -1.01. The molecule has 1 aliphatic carbocycles. The summed E-state index contributed by atoms with van der Waals surface area (Å²) in [4.78, 5) is 11.8. The van der Waals surface area contributed by atoms with E-state index in [1.807, 2.05) is 0 Å². The highest BCUT2D eigenvalue weighted by Crippen LogP contribution is 2.29. The molecule has 0 unspecified atom stereocenters. The van der Waals surface area contributed by atoms with Gasteiger partial charge in [-0.05, 0) is 25.0 Å². The third-order valence-corrected chi connectivity index (χ3v) is 2.94. The average Bonchev–Trinajstić information content (AvgIpc) is 2.74. The minimum Gasteiger partial charge on any atom is -0.294 e. The first-order chi connectivity index (χ1) is 7.20. The number of hydrogen-bond acceptors (Lipinski definition) is 1. The topological polar surface area (TPSA) is 17.1 Å². The van der Waals surface area contributed by atoms with E-state index in [4.69, 9.17) is 0 Å². The third kappa shape index (κ3) is 1.91. The van der Waals surface area contributed by atoms with Crippen molar-refractivity contribution in [2.75, 3.05) is 0 Å². The van der Waals surface area contributed by atoms with Crippen LogP contribution in [0.1, 0.15) is 36.0 Å². The first-order valence-corrected chi connectivity index (χ1v) is 5.18. The van der Waals surface area contributed by atoms with Crippen LogP contribution in [0.25, 0.3) is 0 Å². The fourth-order valence-electron chi connectivity index (χ4n) is 2.10. The van der Waals surface area contributed by atoms with Gasteiger partial charge in [-0.1, -0.05) is 18.9 Å². The molecular weight excluding hydrogens is 198 g/mol. The fraction of sp³-hybridized carbons (Fsp3) is 0.417. The van der Waals surface area contributed by atoms with Gasteiger partial charge in [0.1, 0.15) is 0 Å². The predicted octanol–water partition coefficient (Wildman–Crippen LogP) is 3.34. The highest BCUT2D eigenvalue weighted by atomic mass is 19.2. The van der Waals surface area contributed by atoms with Crippen LogP contribution in [0.3, 0.4) is 0 Å². The summed E-state index contributed by atoms with van der Waals surface area (Å²) in [7, 11) is 0. The van der Waals surface area contributed by atoms with Gasteiger partial charge in [-0.2, -0.15) is 0 Å². The predicted molar refractivity (Wildman–Crippen MR) is 52.6 cm³/mol. The van der Waals surface area contributed by atoms with Crippen molar-refractivity contribution in [3.63, 3.8) is 0 Å². The van der Waals surface area contributed by atoms with Crippen LogP contribution in [-0.2, 0) is 0 Å². The fourth-order valence-corrected chi connectivity index (χ4v) is 2.10. The van der Waals surface area contributed by atoms with Gasteiger partial charge in [0.15, 0.2) is 17.4 Å². The van der Waals surface area contributed by atoms with Crippen LogP contribution in [0, 0.1) is 17.6 Å². The van der Waals surface area contributed by atoms with Crippen molar-refractivity contribution >= 4 is 5.78 Å². The molecule has 1 fully saturated rings. The van der Waals surface area contributed by atoms with Gasteiger partial charge in [0.05, 0.1) is 5.56 Å². The van der Waals surface area contributed by atoms with Crippen LogP contribution in [0.15, 0.2) is 18.2 Å². The molecule has 1 aromatic carbocycles. The maximum atomic E-state index is 13.3. The molecule has 2 rings (SSSR count). The molecule has 0 aliphatic heterocycles. The molecule has 3 heteroatoms. The van der Waals surface area contributed by atoms with E-state index in [1.54, 1.807) is 0 Å². The summed E-state index contributed by atoms with van der Waals surface area (Å²) in [6.45, 7) is 0. The maximum absolute atomic E-state index is 13.3. The number of carbonyl (C=O) groups excluding carboxylic acids is 1. The van der Waals surface area contributed by atoms with Crippen LogP contribution < -0.4 is 0 Å². The van der Waals surface area contributed by atoms with Gasteiger partial charge in [-0.3, -0.25) is 4.79 Å². The van der Waals surface area contributed by atoms with Crippen LogP contribution in [0.5, 0.6) is 0 Å². The van der Waals surface area contributed by atoms with Crippen molar-refractivity contribution in [3.05, 3.63) is 35.4 Å². The Morgan fingerprint density at radius 2 is 1.87 bits per heavy atom. The van der Waals surface area contributed by atoms with Gasteiger partial charge in [0.2, 0.25) is 0 Å². The Hall–Kier alpha value is -1.25. The van der Waals surface area contributed by atoms with E-state index in [2.05, 4.69) is 0 Å². The summed E-state index contributed by atoms with van der Waals surface area (Å²) < 4.78 is 26.2. The molecule has 0 N–H and O–H groups in total. The first kappa shape index (κ1) is 10.3. The second-order valence-corrected chi connectivity index (χ2v) is 3.95. The van der Waals surface area contributed by atoms with Gasteiger partial charge in [-0.15, -0.1) is 0 Å². The number of halogens is 2. The van der Waals surface area contributed by atoms with Gasteiger partial charge in [-0.25, -0.2) is 8.78 Å². The van der Waals surface area contributed by atoms with Crippen molar-refractivity contribution in [1.29, 1.82) is 0 Å². The molecule has 0 saturated heterocycles. The molecule has 1 aliphatic rings. The summed E-state index contributed by atoms with van der Waals surface area (Å²) >= 11 is 0. The Morgan fingerprint density at radius 1 is 1.20 bits per heavy atom. The summed E-state index contributed by atoms with van der Waals surface area (Å²) in [5, 5.41) is 0. The second-order valence-electron chi connectivity index (χ2n) is 3.95. The molecule has 0 spiro atoms. The lowest BCUT2D eigenvalue weighted by atomic mass is 9.96. The lowest BCUT2D eigenvalue weighted by Gasteiger charge is -2.08. The average molecular weight is 210 g/mol. The molecule has 1 nitrogen and oxygen atoms in total. The molecule has 0 amide bonds. The maximum Gasteiger partial charge on any atom is 0.169 e. The summed E-state index contributed by atoms with van der Waals surface area (Å²) in [6, 6.07) is 3.76. The number of ketones is 1. The molecule has 0 atom stereocenters. The van der Waals surface area contributed by atoms with Gasteiger partial charge >= 0.3 is 0 Å². The standard InChI is InChI=1S/C12H12F2O/c13-10-7-3-6-9(11(10)14)12(15)8-4-1-2-5-8/h3,6-8H,1-2,4-5H2. The smallest absolute Gasteiger partial charge is 0.169 e. The second kappa shape index (κ2) is 4.09. The van der Waals surface area contributed by atoms with E-state index in [0.29, 0.717) is 0 Å². The summed E-state index contributed by atoms with van der Waals surface area (Å²) in [5.74, 6) is -2.31. The van der Waals surface area contributed by atoms with Gasteiger partial charge in [0, 0.05) is 5.92 Å². The number of rotatable bonds is 2. The number of Topliss-reactive ketones (excluding diaryl/α,β-unsaturated/α-hetero) is 1. The molecule has 0 bridgehead atoms. The van der Waals surface area contributed by atoms with Crippen molar-refractivity contribution < 1.29 is 13.6 Å². The highest BCUT2D eigenvalue weighted by molar-refractivity contribution is 5.98. The molecule has 15 heavy (non-hydrogen) atoms. The van der Waals surface area contributed by atoms with E-state index in [9.17, 15) is 13.6 Å². The molecular formula is C12H12F2O. The zero-order chi connectivity index (χ0) is 10.8. The van der Waals surface area contributed by atoms with Crippen molar-refractivity contribution in [2.24, 2.45) is 5.92 Å². The summed E-state index contributed by atoms with van der Waals surface area (Å²) in [6.07, 6.45) is 3.62. The number of benzene rings is 1. The van der Waals surface area contributed by atoms with Crippen molar-refractivity contribution in [1.82, 2.24) is 0 Å². The first-order valence-electron chi connectivity index (χ1n) is 5.18. The largest absolute Gasteiger partial charge is 0.294 e. The molecule has 0 heterocycles. The van der Waals surface area contributed by atoms with Crippen LogP contribution in [0.4, 0.5) is 8.78 Å². The zero-order valence-electron chi connectivity index (χ0n) is 8.30. The Kier molecular flexibility index (Phi) is 2.80. The van der Waals surface area contributed by atoms with E-state index < -0.39 is 11.6 Å². The quantitative estimate of drug-likeness (QED) is 0.684. The van der Waals surface area contributed by atoms with E-state index in [-0.39, 0.29) is 17.3 Å². The molecule has 1 aromatic rings. The van der Waals surface area contributed by atoms with Gasteiger partial charge in [0.25, 0.3) is 0 Å². The summed E-state index contributed by atoms with van der Waals surface area (Å²) in [5.41, 5.74) is -0.0955. The molecule has 80 valence electrons. The molecule has 1 saturated carbocycles. The molecule has 0 radical (unpaired) electrons. The molecule has 0 aromatic heterocycles. The Balaban J connectivity index is 2.28. The lowest BCUT2D eigenvalue weighted by molar-refractivity contribution is 0.0917. The Morgan fingerprint density at radius 3 is 2.53 bits per heavy atom. The minimum absolute atomic E-state index is 0.0955. The van der Waals surface area contributed by atoms with Crippen LogP contribution >= 0.6 is 0 Å². The monoisotopic (exact) mass is 210 g/mol. The highest BCUT2D eigenvalue weighted by Gasteiger charge is 2.26. The Bertz CT molecular complexity index is 381. The Labute approximate surface area is 87.1 Å². The van der Waals surface area contributed by atoms with Crippen LogP contribution in [-0.4, -0.2) is 5.78 Å². The van der Waals surface area contributed by atoms with E-state index in [1.165, 1.54) is 12.1 Å². The lowest BCUT2D eigenvalue weighted by Crippen LogP contribution is -2.13. The third-order valence-electron chi connectivity index (χ3n) is 2.94. The SMILES string of the molecule is O=C(c1cccc(F)c1F)C1CCCC1. The van der Waals surface area contributed by atoms with Gasteiger partial charge < -0.3 is 0 Å². The van der Waals surface area contributed by atoms with E-state index >= 15 is 0 Å². The zero-order valence-corrected chi connectivity index (χ0v) is 8.30. The van der Waals surface area contributed by atoms with Crippen molar-refractivity contribution in [2.45, 2.75) is 25.7 Å². The number of hydrogen-bond donors (Lipinski definition) is 0. The van der Waals surface area contributed by atoms with E-state index in [0.717, 1.165) is 31.7 Å².